The summed E-state index contributed by atoms with van der Waals surface area (Å²) in [5.41, 5.74) is -0.157. The van der Waals surface area contributed by atoms with Gasteiger partial charge in [-0.1, -0.05) is 0 Å². The SMILES string of the molecule is N#Cc1cnc(N(CCC(=O)O)C2CC2)c([N+](=O)[O-])c1. The van der Waals surface area contributed by atoms with Gasteiger partial charge in [0, 0.05) is 24.8 Å². The van der Waals surface area contributed by atoms with Crippen LogP contribution in [0.1, 0.15) is 24.8 Å². The molecule has 0 saturated heterocycles. The Labute approximate surface area is 114 Å². The van der Waals surface area contributed by atoms with Crippen molar-refractivity contribution < 1.29 is 14.8 Å². The Balaban J connectivity index is 2.34. The van der Waals surface area contributed by atoms with Crippen LogP contribution in [0.2, 0.25) is 0 Å². The Hall–Kier alpha value is -2.69. The monoisotopic (exact) mass is 276 g/mol. The van der Waals surface area contributed by atoms with E-state index in [4.69, 9.17) is 10.4 Å². The topological polar surface area (TPSA) is 120 Å². The van der Waals surface area contributed by atoms with Crippen LogP contribution in [0.4, 0.5) is 11.5 Å². The smallest absolute Gasteiger partial charge is 0.312 e. The van der Waals surface area contributed by atoms with E-state index in [2.05, 4.69) is 4.98 Å². The lowest BCUT2D eigenvalue weighted by Crippen LogP contribution is -2.30. The summed E-state index contributed by atoms with van der Waals surface area (Å²) >= 11 is 0. The van der Waals surface area contributed by atoms with Crippen LogP contribution in [0.15, 0.2) is 12.3 Å². The zero-order valence-electron chi connectivity index (χ0n) is 10.5. The van der Waals surface area contributed by atoms with Crippen molar-refractivity contribution in [3.05, 3.63) is 27.9 Å². The third kappa shape index (κ3) is 3.00. The van der Waals surface area contributed by atoms with Crippen molar-refractivity contribution in [1.29, 1.82) is 5.26 Å². The van der Waals surface area contributed by atoms with Crippen molar-refractivity contribution >= 4 is 17.5 Å². The number of hydrogen-bond acceptors (Lipinski definition) is 6. The fourth-order valence-corrected chi connectivity index (χ4v) is 1.93. The first-order valence-corrected chi connectivity index (χ1v) is 6.06. The highest BCUT2D eigenvalue weighted by Gasteiger charge is 2.34. The van der Waals surface area contributed by atoms with Crippen molar-refractivity contribution in [3.8, 4) is 6.07 Å². The number of anilines is 1. The summed E-state index contributed by atoms with van der Waals surface area (Å²) < 4.78 is 0. The molecule has 1 aromatic rings. The Kier molecular flexibility index (Phi) is 3.79. The molecular formula is C12H12N4O4. The van der Waals surface area contributed by atoms with Gasteiger partial charge >= 0.3 is 11.7 Å². The van der Waals surface area contributed by atoms with E-state index in [0.717, 1.165) is 12.8 Å². The molecule has 0 unspecified atom stereocenters. The van der Waals surface area contributed by atoms with Gasteiger partial charge in [0.15, 0.2) is 0 Å². The lowest BCUT2D eigenvalue weighted by Gasteiger charge is -2.22. The number of nitrogens with zero attached hydrogens (tertiary/aromatic N) is 4. The molecule has 1 aromatic heterocycles. The number of pyridine rings is 1. The van der Waals surface area contributed by atoms with Gasteiger partial charge in [-0.2, -0.15) is 5.26 Å². The van der Waals surface area contributed by atoms with Gasteiger partial charge < -0.3 is 10.0 Å². The molecule has 1 fully saturated rings. The number of carboxylic acid groups (broad SMARTS) is 1. The molecule has 0 atom stereocenters. The zero-order valence-corrected chi connectivity index (χ0v) is 10.5. The molecule has 2 rings (SSSR count). The largest absolute Gasteiger partial charge is 0.481 e. The molecule has 0 amide bonds. The van der Waals surface area contributed by atoms with Crippen molar-refractivity contribution in [2.75, 3.05) is 11.4 Å². The maximum absolute atomic E-state index is 11.1. The van der Waals surface area contributed by atoms with E-state index < -0.39 is 10.9 Å². The predicted octanol–water partition coefficient (Wildman–Crippen LogP) is 1.30. The lowest BCUT2D eigenvalue weighted by atomic mass is 10.2. The number of carboxylic acids is 1. The summed E-state index contributed by atoms with van der Waals surface area (Å²) in [7, 11) is 0. The molecule has 8 nitrogen and oxygen atoms in total. The molecule has 8 heteroatoms. The van der Waals surface area contributed by atoms with Crippen LogP contribution in [0.5, 0.6) is 0 Å². The van der Waals surface area contributed by atoms with Crippen LogP contribution in [0, 0.1) is 21.4 Å². The minimum absolute atomic E-state index is 0.0912. The van der Waals surface area contributed by atoms with E-state index in [0.29, 0.717) is 0 Å². The van der Waals surface area contributed by atoms with Crippen LogP contribution in [0.3, 0.4) is 0 Å². The number of aliphatic carboxylic acids is 1. The van der Waals surface area contributed by atoms with Gasteiger partial charge in [-0.3, -0.25) is 14.9 Å². The molecule has 0 radical (unpaired) electrons. The normalized spacial score (nSPS) is 13.6. The molecule has 0 aromatic carbocycles. The molecule has 1 aliphatic carbocycles. The molecule has 1 N–H and O–H groups in total. The number of nitro groups is 1. The van der Waals surface area contributed by atoms with Gasteiger partial charge in [0.05, 0.1) is 16.9 Å². The van der Waals surface area contributed by atoms with E-state index in [1.165, 1.54) is 12.3 Å². The molecule has 1 saturated carbocycles. The van der Waals surface area contributed by atoms with Crippen molar-refractivity contribution in [3.63, 3.8) is 0 Å². The van der Waals surface area contributed by atoms with Crippen LogP contribution < -0.4 is 4.90 Å². The maximum atomic E-state index is 11.1. The molecule has 1 aliphatic rings. The molecule has 104 valence electrons. The number of rotatable bonds is 6. The zero-order chi connectivity index (χ0) is 14.7. The van der Waals surface area contributed by atoms with Crippen LogP contribution in [-0.2, 0) is 4.79 Å². The predicted molar refractivity (Wildman–Crippen MR) is 68.2 cm³/mol. The second-order valence-electron chi connectivity index (χ2n) is 4.50. The van der Waals surface area contributed by atoms with Gasteiger partial charge in [-0.25, -0.2) is 4.98 Å². The summed E-state index contributed by atoms with van der Waals surface area (Å²) in [5, 5.41) is 28.6. The number of nitriles is 1. The highest BCUT2D eigenvalue weighted by atomic mass is 16.6. The van der Waals surface area contributed by atoms with Crippen LogP contribution >= 0.6 is 0 Å². The first-order chi connectivity index (χ1) is 9.52. The van der Waals surface area contributed by atoms with Crippen molar-refractivity contribution in [2.24, 2.45) is 0 Å². The van der Waals surface area contributed by atoms with Gasteiger partial charge in [0.1, 0.15) is 6.07 Å². The highest BCUT2D eigenvalue weighted by molar-refractivity contribution is 5.68. The fraction of sp³-hybridized carbons (Fsp3) is 0.417. The number of aromatic nitrogens is 1. The Bertz CT molecular complexity index is 592. The molecule has 0 spiro atoms. The lowest BCUT2D eigenvalue weighted by molar-refractivity contribution is -0.384. The van der Waals surface area contributed by atoms with Gasteiger partial charge in [0.25, 0.3) is 0 Å². The van der Waals surface area contributed by atoms with Crippen molar-refractivity contribution in [1.82, 2.24) is 4.98 Å². The third-order valence-electron chi connectivity index (χ3n) is 3.00. The van der Waals surface area contributed by atoms with E-state index in [-0.39, 0.29) is 36.1 Å². The van der Waals surface area contributed by atoms with Crippen molar-refractivity contribution in [2.45, 2.75) is 25.3 Å². The summed E-state index contributed by atoms with van der Waals surface area (Å²) in [6, 6.07) is 3.06. The van der Waals surface area contributed by atoms with E-state index in [1.807, 2.05) is 0 Å². The standard InChI is InChI=1S/C12H12N4O4/c13-6-8-5-10(16(19)20)12(14-7-8)15(9-1-2-9)4-3-11(17)18/h5,7,9H,1-4H2,(H,17,18). The van der Waals surface area contributed by atoms with Gasteiger partial charge in [-0.05, 0) is 12.8 Å². The Morgan fingerprint density at radius 2 is 2.35 bits per heavy atom. The minimum atomic E-state index is -0.966. The first kappa shape index (κ1) is 13.7. The summed E-state index contributed by atoms with van der Waals surface area (Å²) in [6.45, 7) is 0.166. The minimum Gasteiger partial charge on any atom is -0.481 e. The Morgan fingerprint density at radius 1 is 1.65 bits per heavy atom. The number of hydrogen-bond donors (Lipinski definition) is 1. The molecule has 1 heterocycles. The van der Waals surface area contributed by atoms with E-state index in [1.54, 1.807) is 11.0 Å². The second kappa shape index (κ2) is 5.52. The third-order valence-corrected chi connectivity index (χ3v) is 3.00. The quantitative estimate of drug-likeness (QED) is 0.614. The van der Waals surface area contributed by atoms with Crippen LogP contribution in [-0.4, -0.2) is 33.6 Å². The second-order valence-corrected chi connectivity index (χ2v) is 4.50. The van der Waals surface area contributed by atoms with E-state index >= 15 is 0 Å². The summed E-state index contributed by atoms with van der Waals surface area (Å²) in [6.07, 6.45) is 2.87. The summed E-state index contributed by atoms with van der Waals surface area (Å²) in [4.78, 5) is 26.8. The first-order valence-electron chi connectivity index (χ1n) is 6.06. The molecule has 0 aliphatic heterocycles. The van der Waals surface area contributed by atoms with Gasteiger partial charge in [-0.15, -0.1) is 0 Å². The van der Waals surface area contributed by atoms with Crippen LogP contribution in [0.25, 0.3) is 0 Å². The Morgan fingerprint density at radius 3 is 2.85 bits per heavy atom. The fourth-order valence-electron chi connectivity index (χ4n) is 1.93. The molecular weight excluding hydrogens is 264 g/mol. The molecule has 20 heavy (non-hydrogen) atoms. The molecule has 0 bridgehead atoms. The highest BCUT2D eigenvalue weighted by Crippen LogP contribution is 2.35. The average Bonchev–Trinajstić information content (AvgIpc) is 3.23. The van der Waals surface area contributed by atoms with E-state index in [9.17, 15) is 14.9 Å². The average molecular weight is 276 g/mol. The van der Waals surface area contributed by atoms with Gasteiger partial charge in [0.2, 0.25) is 5.82 Å². The number of carbonyl (C=O) groups is 1. The summed E-state index contributed by atoms with van der Waals surface area (Å²) in [5.74, 6) is -0.829. The maximum Gasteiger partial charge on any atom is 0.312 e.